The Morgan fingerprint density at radius 3 is 2.68 bits per heavy atom. The third-order valence-corrected chi connectivity index (χ3v) is 4.95. The largest absolute Gasteiger partial charge is 0.459 e. The minimum absolute atomic E-state index is 0.136. The first-order valence-corrected chi connectivity index (χ1v) is 9.97. The molecule has 0 bridgehead atoms. The topological polar surface area (TPSA) is 71.8 Å². The number of rotatable bonds is 9. The molecule has 1 atom stereocenters. The molecule has 1 aliphatic heterocycles. The molecule has 150 valence electrons. The maximum Gasteiger partial charge on any atom is 0.290 e. The summed E-state index contributed by atoms with van der Waals surface area (Å²) in [5.74, 6) is -0.146. The van der Waals surface area contributed by atoms with Gasteiger partial charge in [-0.3, -0.25) is 9.59 Å². The van der Waals surface area contributed by atoms with Crippen LogP contribution in [0.15, 0.2) is 47.1 Å². The van der Waals surface area contributed by atoms with Gasteiger partial charge in [0.1, 0.15) is 6.04 Å². The van der Waals surface area contributed by atoms with Crippen molar-refractivity contribution < 1.29 is 18.7 Å². The minimum atomic E-state index is -0.548. The van der Waals surface area contributed by atoms with Crippen molar-refractivity contribution in [3.63, 3.8) is 0 Å². The van der Waals surface area contributed by atoms with Crippen molar-refractivity contribution in [2.45, 2.75) is 45.2 Å². The van der Waals surface area contributed by atoms with Gasteiger partial charge in [-0.25, -0.2) is 0 Å². The van der Waals surface area contributed by atoms with Gasteiger partial charge in [-0.15, -0.1) is 0 Å². The summed E-state index contributed by atoms with van der Waals surface area (Å²) in [6.07, 6.45) is 4.89. The second kappa shape index (κ2) is 10.1. The van der Waals surface area contributed by atoms with Crippen LogP contribution in [0.3, 0.4) is 0 Å². The van der Waals surface area contributed by atoms with Crippen molar-refractivity contribution in [1.29, 1.82) is 0 Å². The number of fused-ring (bicyclic) bond motifs is 1. The quantitative estimate of drug-likeness (QED) is 0.674. The van der Waals surface area contributed by atoms with E-state index in [4.69, 9.17) is 9.15 Å². The fraction of sp³-hybridized carbons (Fsp3) is 0.455. The molecular weight excluding hydrogens is 356 g/mol. The number of hydrogen-bond donors (Lipinski definition) is 1. The number of benzene rings is 1. The van der Waals surface area contributed by atoms with E-state index in [2.05, 4.69) is 12.2 Å². The summed E-state index contributed by atoms with van der Waals surface area (Å²) in [5.41, 5.74) is 2.17. The summed E-state index contributed by atoms with van der Waals surface area (Å²) in [5, 5.41) is 2.96. The van der Waals surface area contributed by atoms with Crippen LogP contribution in [0.2, 0.25) is 0 Å². The molecule has 0 aliphatic carbocycles. The van der Waals surface area contributed by atoms with Crippen molar-refractivity contribution in [1.82, 2.24) is 10.2 Å². The van der Waals surface area contributed by atoms with Crippen molar-refractivity contribution in [3.05, 3.63) is 59.5 Å². The van der Waals surface area contributed by atoms with Crippen LogP contribution in [0, 0.1) is 0 Å². The standard InChI is InChI=1S/C22H28N2O4/c1-2-3-12-27-13-7-11-23-21(25)19-15-17-8-4-5-9-18(17)16-24(19)22(26)20-10-6-14-28-20/h4-6,8-10,14,19H,2-3,7,11-13,15-16H2,1H3,(H,23,25). The van der Waals surface area contributed by atoms with Gasteiger partial charge in [-0.05, 0) is 36.1 Å². The highest BCUT2D eigenvalue weighted by Crippen LogP contribution is 2.25. The number of unbranched alkanes of at least 4 members (excludes halogenated alkanes) is 1. The second-order valence-corrected chi connectivity index (χ2v) is 7.01. The van der Waals surface area contributed by atoms with Crippen molar-refractivity contribution in [2.75, 3.05) is 19.8 Å². The molecule has 1 unspecified atom stereocenters. The van der Waals surface area contributed by atoms with E-state index < -0.39 is 6.04 Å². The molecule has 6 nitrogen and oxygen atoms in total. The van der Waals surface area contributed by atoms with Gasteiger partial charge in [-0.1, -0.05) is 37.6 Å². The van der Waals surface area contributed by atoms with E-state index >= 15 is 0 Å². The van der Waals surface area contributed by atoms with E-state index in [1.54, 1.807) is 17.0 Å². The summed E-state index contributed by atoms with van der Waals surface area (Å²) in [4.78, 5) is 27.4. The van der Waals surface area contributed by atoms with Gasteiger partial charge in [-0.2, -0.15) is 0 Å². The minimum Gasteiger partial charge on any atom is -0.459 e. The van der Waals surface area contributed by atoms with Crippen LogP contribution in [0.1, 0.15) is 47.9 Å². The van der Waals surface area contributed by atoms with E-state index in [1.807, 2.05) is 24.3 Å². The van der Waals surface area contributed by atoms with Gasteiger partial charge in [0.25, 0.3) is 5.91 Å². The maximum absolute atomic E-state index is 12.9. The average molecular weight is 384 g/mol. The van der Waals surface area contributed by atoms with Gasteiger partial charge < -0.3 is 19.4 Å². The number of nitrogens with zero attached hydrogens (tertiary/aromatic N) is 1. The lowest BCUT2D eigenvalue weighted by molar-refractivity contribution is -0.126. The molecule has 3 rings (SSSR count). The predicted octanol–water partition coefficient (Wildman–Crippen LogP) is 3.17. The molecule has 2 aromatic rings. The Morgan fingerprint density at radius 2 is 1.93 bits per heavy atom. The monoisotopic (exact) mass is 384 g/mol. The number of furan rings is 1. The fourth-order valence-corrected chi connectivity index (χ4v) is 3.36. The molecule has 0 saturated heterocycles. The Morgan fingerprint density at radius 1 is 1.14 bits per heavy atom. The Labute approximate surface area is 165 Å². The summed E-state index contributed by atoms with van der Waals surface area (Å²) < 4.78 is 10.8. The van der Waals surface area contributed by atoms with Crippen molar-refractivity contribution in [3.8, 4) is 0 Å². The number of carbonyl (C=O) groups is 2. The van der Waals surface area contributed by atoms with Gasteiger partial charge in [0.2, 0.25) is 5.91 Å². The van der Waals surface area contributed by atoms with E-state index in [9.17, 15) is 9.59 Å². The van der Waals surface area contributed by atoms with E-state index in [-0.39, 0.29) is 17.6 Å². The zero-order valence-corrected chi connectivity index (χ0v) is 16.4. The molecule has 1 aromatic heterocycles. The number of nitrogens with one attached hydrogen (secondary N) is 1. The highest BCUT2D eigenvalue weighted by molar-refractivity contribution is 5.96. The summed E-state index contributed by atoms with van der Waals surface area (Å²) in [6, 6.07) is 10.7. The van der Waals surface area contributed by atoms with Crippen LogP contribution in [0.4, 0.5) is 0 Å². The Kier molecular flexibility index (Phi) is 7.25. The van der Waals surface area contributed by atoms with E-state index in [0.717, 1.165) is 37.0 Å². The molecule has 2 heterocycles. The highest BCUT2D eigenvalue weighted by Gasteiger charge is 2.35. The van der Waals surface area contributed by atoms with Crippen molar-refractivity contribution >= 4 is 11.8 Å². The molecule has 0 radical (unpaired) electrons. The molecule has 1 aromatic carbocycles. The zero-order valence-electron chi connectivity index (χ0n) is 16.4. The normalized spacial score (nSPS) is 15.9. The number of ether oxygens (including phenoxy) is 1. The molecule has 0 spiro atoms. The first kappa shape index (κ1) is 20.1. The van der Waals surface area contributed by atoms with Gasteiger partial charge >= 0.3 is 0 Å². The second-order valence-electron chi connectivity index (χ2n) is 7.01. The summed E-state index contributed by atoms with van der Waals surface area (Å²) in [6.45, 7) is 4.44. The molecule has 1 N–H and O–H groups in total. The Bertz CT molecular complexity index is 773. The van der Waals surface area contributed by atoms with Gasteiger partial charge in [0.05, 0.1) is 6.26 Å². The SMILES string of the molecule is CCCCOCCCNC(=O)C1Cc2ccccc2CN1C(=O)c1ccco1. The third-order valence-electron chi connectivity index (χ3n) is 4.95. The smallest absolute Gasteiger partial charge is 0.290 e. The van der Waals surface area contributed by atoms with E-state index in [1.165, 1.54) is 6.26 Å². The highest BCUT2D eigenvalue weighted by atomic mass is 16.5. The lowest BCUT2D eigenvalue weighted by Crippen LogP contribution is -2.52. The number of hydrogen-bond acceptors (Lipinski definition) is 4. The number of carbonyl (C=O) groups excluding carboxylic acids is 2. The van der Waals surface area contributed by atoms with Gasteiger partial charge in [0, 0.05) is 32.7 Å². The molecule has 6 heteroatoms. The lowest BCUT2D eigenvalue weighted by atomic mass is 9.93. The van der Waals surface area contributed by atoms with Gasteiger partial charge in [0.15, 0.2) is 5.76 Å². The summed E-state index contributed by atoms with van der Waals surface area (Å²) >= 11 is 0. The summed E-state index contributed by atoms with van der Waals surface area (Å²) in [7, 11) is 0. The van der Waals surface area contributed by atoms with Crippen LogP contribution in [-0.4, -0.2) is 42.5 Å². The first-order chi connectivity index (χ1) is 13.7. The van der Waals surface area contributed by atoms with Crippen LogP contribution in [0.25, 0.3) is 0 Å². The average Bonchev–Trinajstić information content (AvgIpc) is 3.26. The van der Waals surface area contributed by atoms with Crippen LogP contribution in [0.5, 0.6) is 0 Å². The molecular formula is C22H28N2O4. The molecule has 0 saturated carbocycles. The zero-order chi connectivity index (χ0) is 19.8. The third kappa shape index (κ3) is 5.01. The van der Waals surface area contributed by atoms with E-state index in [0.29, 0.717) is 26.1 Å². The molecule has 1 aliphatic rings. The fourth-order valence-electron chi connectivity index (χ4n) is 3.36. The molecule has 0 fully saturated rings. The Balaban J connectivity index is 1.62. The number of amides is 2. The van der Waals surface area contributed by atoms with Crippen LogP contribution in [-0.2, 0) is 22.5 Å². The van der Waals surface area contributed by atoms with Crippen molar-refractivity contribution in [2.24, 2.45) is 0 Å². The lowest BCUT2D eigenvalue weighted by Gasteiger charge is -2.35. The predicted molar refractivity (Wildman–Crippen MR) is 106 cm³/mol. The maximum atomic E-state index is 12.9. The Hall–Kier alpha value is -2.60. The van der Waals surface area contributed by atoms with Crippen LogP contribution >= 0.6 is 0 Å². The first-order valence-electron chi connectivity index (χ1n) is 9.97. The van der Waals surface area contributed by atoms with Crippen LogP contribution < -0.4 is 5.32 Å². The molecule has 28 heavy (non-hydrogen) atoms. The molecule has 2 amide bonds.